The fourth-order valence-corrected chi connectivity index (χ4v) is 3.31. The van der Waals surface area contributed by atoms with Gasteiger partial charge in [0, 0.05) is 6.20 Å². The second-order valence-electron chi connectivity index (χ2n) is 4.08. The summed E-state index contributed by atoms with van der Waals surface area (Å²) in [5.74, 6) is 0.170. The highest BCUT2D eigenvalue weighted by Crippen LogP contribution is 2.45. The Bertz CT molecular complexity index is 415. The Morgan fingerprint density at radius 2 is 2.20 bits per heavy atom. The van der Waals surface area contributed by atoms with Gasteiger partial charge in [0.05, 0.1) is 19.2 Å². The van der Waals surface area contributed by atoms with Gasteiger partial charge in [-0.1, -0.05) is 0 Å². The van der Waals surface area contributed by atoms with Crippen LogP contribution in [0.3, 0.4) is 0 Å². The number of carbonyl (C=O) groups is 1. The van der Waals surface area contributed by atoms with E-state index < -0.39 is 0 Å². The molecule has 0 aliphatic carbocycles. The smallest absolute Gasteiger partial charge is 0.235 e. The van der Waals surface area contributed by atoms with Gasteiger partial charge in [-0.25, -0.2) is 4.75 Å². The maximum absolute atomic E-state index is 12.1. The number of nitrogens with one attached hydrogen (secondary N) is 2. The first-order valence-corrected chi connectivity index (χ1v) is 6.02. The van der Waals surface area contributed by atoms with Crippen molar-refractivity contribution >= 4 is 19.7 Å². The lowest BCUT2D eigenvalue weighted by Gasteiger charge is -2.31. The van der Waals surface area contributed by atoms with E-state index in [2.05, 4.69) is 15.4 Å². The number of amides is 1. The van der Waals surface area contributed by atoms with Crippen molar-refractivity contribution < 1.29 is 4.79 Å². The van der Waals surface area contributed by atoms with Gasteiger partial charge in [0.2, 0.25) is 5.91 Å². The van der Waals surface area contributed by atoms with Crippen LogP contribution in [0.5, 0.6) is 0 Å². The largest absolute Gasteiger partial charge is 0.320 e. The molecule has 2 N–H and O–H groups in total. The summed E-state index contributed by atoms with van der Waals surface area (Å²) in [6.07, 6.45) is 3.61. The summed E-state index contributed by atoms with van der Waals surface area (Å²) in [6.45, 7) is 1.85. The molecule has 4 nitrogen and oxygen atoms in total. The van der Waals surface area contributed by atoms with Crippen LogP contribution in [0.2, 0.25) is 0 Å². The molecule has 1 aromatic heterocycles. The van der Waals surface area contributed by atoms with E-state index >= 15 is 0 Å². The molecule has 1 spiro atoms. The lowest BCUT2D eigenvalue weighted by atomic mass is 9.75. The van der Waals surface area contributed by atoms with Crippen LogP contribution in [0.15, 0.2) is 12.3 Å². The summed E-state index contributed by atoms with van der Waals surface area (Å²) >= 11 is 0. The molecule has 3 rings (SSSR count). The highest BCUT2D eigenvalue weighted by molar-refractivity contribution is 7.30. The van der Waals surface area contributed by atoms with Crippen LogP contribution in [0.1, 0.15) is 18.4 Å². The van der Waals surface area contributed by atoms with Crippen LogP contribution in [0, 0.1) is 0 Å². The fourth-order valence-electron chi connectivity index (χ4n) is 2.51. The number of carbonyl (C=O) groups excluding carboxylic acids is 1. The molecule has 1 saturated heterocycles. The second-order valence-corrected chi connectivity index (χ2v) is 4.96. The summed E-state index contributed by atoms with van der Waals surface area (Å²) in [4.78, 5) is 12.1. The number of piperidine rings is 1. The van der Waals surface area contributed by atoms with E-state index in [4.69, 9.17) is 0 Å². The van der Waals surface area contributed by atoms with E-state index in [0.29, 0.717) is 0 Å². The first-order chi connectivity index (χ1) is 7.33. The van der Waals surface area contributed by atoms with E-state index in [0.717, 1.165) is 39.7 Å². The topological polar surface area (TPSA) is 54.0 Å². The zero-order valence-corrected chi connectivity index (χ0v) is 9.18. The summed E-state index contributed by atoms with van der Waals surface area (Å²) in [5, 5.41) is 6.27. The van der Waals surface area contributed by atoms with Crippen LogP contribution < -0.4 is 10.6 Å². The van der Waals surface area contributed by atoms with Gasteiger partial charge < -0.3 is 10.6 Å². The highest BCUT2D eigenvalue weighted by atomic mass is 31.0. The molecule has 0 saturated carbocycles. The number of rotatable bonds is 0. The van der Waals surface area contributed by atoms with Gasteiger partial charge in [0.25, 0.3) is 0 Å². The molecule has 0 unspecified atom stereocenters. The molecule has 1 amide bonds. The van der Waals surface area contributed by atoms with Crippen LogP contribution in [0.25, 0.3) is 0 Å². The van der Waals surface area contributed by atoms with Gasteiger partial charge in [-0.3, -0.25) is 4.79 Å². The van der Waals surface area contributed by atoms with E-state index in [9.17, 15) is 4.79 Å². The number of aromatic nitrogens is 1. The molecule has 2 aliphatic rings. The first-order valence-electron chi connectivity index (χ1n) is 5.17. The fraction of sp³-hybridized carbons (Fsp3) is 0.500. The third-order valence-electron chi connectivity index (χ3n) is 3.36. The lowest BCUT2D eigenvalue weighted by molar-refractivity contribution is -0.121. The minimum Gasteiger partial charge on any atom is -0.320 e. The Morgan fingerprint density at radius 3 is 3.00 bits per heavy atom. The monoisotopic (exact) mass is 221 g/mol. The number of nitrogens with zero attached hydrogens (tertiary/aromatic N) is 1. The molecule has 1 aromatic rings. The van der Waals surface area contributed by atoms with Crippen molar-refractivity contribution in [3.8, 4) is 0 Å². The van der Waals surface area contributed by atoms with Gasteiger partial charge in [-0.15, -0.1) is 0 Å². The Morgan fingerprint density at radius 1 is 1.40 bits per heavy atom. The zero-order chi connectivity index (χ0) is 10.3. The normalized spacial score (nSPS) is 23.1. The van der Waals surface area contributed by atoms with Crippen molar-refractivity contribution in [1.82, 2.24) is 10.1 Å². The minimum atomic E-state index is -0.264. The maximum atomic E-state index is 12.1. The highest BCUT2D eigenvalue weighted by Gasteiger charge is 2.47. The third kappa shape index (κ3) is 1.22. The summed E-state index contributed by atoms with van der Waals surface area (Å²) in [7, 11) is 0.878. The van der Waals surface area contributed by atoms with Crippen LogP contribution >= 0.6 is 8.35 Å². The molecular weight excluding hydrogens is 209 g/mol. The second kappa shape index (κ2) is 3.26. The Hall–Kier alpha value is -0.990. The van der Waals surface area contributed by atoms with Crippen molar-refractivity contribution in [2.75, 3.05) is 18.4 Å². The number of hydrogen-bond acceptors (Lipinski definition) is 3. The molecule has 15 heavy (non-hydrogen) atoms. The molecule has 0 aromatic carbocycles. The first kappa shape index (κ1) is 9.25. The van der Waals surface area contributed by atoms with Gasteiger partial charge >= 0.3 is 0 Å². The predicted molar refractivity (Wildman–Crippen MR) is 59.2 cm³/mol. The number of fused-ring (bicyclic) bond motifs is 2. The SMILES string of the molecule is O=C1Nc2pnccc2C12CCNCC2. The Kier molecular flexibility index (Phi) is 2.01. The molecular formula is C10H12N3OP. The maximum Gasteiger partial charge on any atom is 0.235 e. The molecule has 78 valence electrons. The molecule has 5 heteroatoms. The van der Waals surface area contributed by atoms with E-state index in [1.165, 1.54) is 5.56 Å². The van der Waals surface area contributed by atoms with Crippen molar-refractivity contribution in [3.63, 3.8) is 0 Å². The average Bonchev–Trinajstić information content (AvgIpc) is 2.55. The summed E-state index contributed by atoms with van der Waals surface area (Å²) < 4.78 is 4.14. The molecule has 3 heterocycles. The lowest BCUT2D eigenvalue weighted by Crippen LogP contribution is -2.44. The Labute approximate surface area is 89.6 Å². The van der Waals surface area contributed by atoms with E-state index in [1.54, 1.807) is 0 Å². The van der Waals surface area contributed by atoms with Crippen molar-refractivity contribution in [3.05, 3.63) is 17.8 Å². The van der Waals surface area contributed by atoms with Crippen molar-refractivity contribution in [2.45, 2.75) is 18.3 Å². The number of anilines is 1. The molecule has 2 aliphatic heterocycles. The predicted octanol–water partition coefficient (Wildman–Crippen LogP) is 1.23. The standard InChI is InChI=1S/C10H12N3OP/c14-9-10(2-5-11-6-3-10)7-1-4-12-15-8(7)13-9/h1,4,11H,2-3,5-6H2,(H,13,14). The molecule has 1 fully saturated rings. The van der Waals surface area contributed by atoms with Crippen LogP contribution in [-0.4, -0.2) is 23.7 Å². The van der Waals surface area contributed by atoms with Crippen LogP contribution in [0.4, 0.5) is 5.42 Å². The summed E-state index contributed by atoms with van der Waals surface area (Å²) in [5.41, 5.74) is 1.90. The molecule has 0 radical (unpaired) electrons. The molecule has 0 atom stereocenters. The van der Waals surface area contributed by atoms with E-state index in [-0.39, 0.29) is 11.3 Å². The van der Waals surface area contributed by atoms with E-state index in [1.807, 2.05) is 12.3 Å². The van der Waals surface area contributed by atoms with Gasteiger partial charge in [-0.05, 0) is 37.6 Å². The number of hydrogen-bond donors (Lipinski definition) is 2. The van der Waals surface area contributed by atoms with Crippen molar-refractivity contribution in [2.24, 2.45) is 0 Å². The summed E-state index contributed by atoms with van der Waals surface area (Å²) in [6, 6.07) is 2.00. The zero-order valence-electron chi connectivity index (χ0n) is 8.29. The molecule has 0 bridgehead atoms. The van der Waals surface area contributed by atoms with Crippen molar-refractivity contribution in [1.29, 1.82) is 0 Å². The minimum absolute atomic E-state index is 0.170. The Balaban J connectivity index is 2.11. The average molecular weight is 221 g/mol. The third-order valence-corrected chi connectivity index (χ3v) is 4.16. The van der Waals surface area contributed by atoms with Gasteiger partial charge in [0.1, 0.15) is 0 Å². The van der Waals surface area contributed by atoms with Crippen LogP contribution in [-0.2, 0) is 10.2 Å². The van der Waals surface area contributed by atoms with Gasteiger partial charge in [-0.2, -0.15) is 0 Å². The van der Waals surface area contributed by atoms with Gasteiger partial charge in [0.15, 0.2) is 0 Å². The quantitative estimate of drug-likeness (QED) is 0.693.